The highest BCUT2D eigenvalue weighted by Gasteiger charge is 2.21. The van der Waals surface area contributed by atoms with E-state index >= 15 is 0 Å². The lowest BCUT2D eigenvalue weighted by atomic mass is 9.89. The van der Waals surface area contributed by atoms with Crippen molar-refractivity contribution in [2.75, 3.05) is 0 Å². The lowest BCUT2D eigenvalue weighted by Crippen LogP contribution is -2.16. The van der Waals surface area contributed by atoms with Crippen LogP contribution < -0.4 is 0 Å². The molecule has 110 valence electrons. The molecule has 20 heavy (non-hydrogen) atoms. The number of aromatic nitrogens is 4. The van der Waals surface area contributed by atoms with Crippen LogP contribution in [0.25, 0.3) is 11.2 Å². The lowest BCUT2D eigenvalue weighted by molar-refractivity contribution is 0.318. The average Bonchev–Trinajstić information content (AvgIpc) is 2.98. The maximum atomic E-state index is 6.11. The molecule has 3 rings (SSSR count). The summed E-state index contributed by atoms with van der Waals surface area (Å²) in [5.74, 6) is 2.24. The van der Waals surface area contributed by atoms with Crippen molar-refractivity contribution in [3.63, 3.8) is 0 Å². The Bertz CT molecular complexity index is 593. The van der Waals surface area contributed by atoms with Crippen LogP contribution in [0.2, 0.25) is 0 Å². The van der Waals surface area contributed by atoms with Crippen LogP contribution in [0.5, 0.6) is 0 Å². The maximum Gasteiger partial charge on any atom is 0.158 e. The van der Waals surface area contributed by atoms with Crippen LogP contribution in [0.4, 0.5) is 0 Å². The van der Waals surface area contributed by atoms with E-state index in [0.29, 0.717) is 5.88 Å². The number of rotatable bonds is 4. The summed E-state index contributed by atoms with van der Waals surface area (Å²) in [4.78, 5) is 4.74. The van der Waals surface area contributed by atoms with Gasteiger partial charge in [-0.15, -0.1) is 11.6 Å². The molecule has 0 saturated heterocycles. The van der Waals surface area contributed by atoms with Gasteiger partial charge in [-0.2, -0.15) is 5.10 Å². The fraction of sp³-hybridized carbons (Fsp3) is 0.733. The monoisotopic (exact) mass is 294 g/mol. The minimum atomic E-state index is 0.477. The zero-order valence-electron chi connectivity index (χ0n) is 12.4. The predicted molar refractivity (Wildman–Crippen MR) is 82.0 cm³/mol. The number of imidazole rings is 1. The highest BCUT2D eigenvalue weighted by Crippen LogP contribution is 2.28. The Kier molecular flexibility index (Phi) is 4.01. The molecule has 2 aromatic heterocycles. The Balaban J connectivity index is 2.00. The standard InChI is InChI=1S/C15H23ClN4/c1-3-12-14-15(19(2)18-12)20(13(9-16)17-14)10-11-7-5-4-6-8-11/h11H,3-10H2,1-2H3. The molecule has 4 nitrogen and oxygen atoms in total. The van der Waals surface area contributed by atoms with E-state index in [0.717, 1.165) is 41.6 Å². The van der Waals surface area contributed by atoms with E-state index in [9.17, 15) is 0 Å². The quantitative estimate of drug-likeness (QED) is 0.807. The zero-order chi connectivity index (χ0) is 14.1. The van der Waals surface area contributed by atoms with Crippen LogP contribution >= 0.6 is 11.6 Å². The van der Waals surface area contributed by atoms with E-state index < -0.39 is 0 Å². The minimum absolute atomic E-state index is 0.477. The fourth-order valence-electron chi connectivity index (χ4n) is 3.45. The molecule has 0 bridgehead atoms. The fourth-order valence-corrected chi connectivity index (χ4v) is 3.65. The summed E-state index contributed by atoms with van der Waals surface area (Å²) in [5, 5.41) is 4.59. The SMILES string of the molecule is CCc1nn(C)c2c1nc(CCl)n2CC1CCCCC1. The number of alkyl halides is 1. The van der Waals surface area contributed by atoms with Gasteiger partial charge in [0.1, 0.15) is 11.3 Å². The zero-order valence-corrected chi connectivity index (χ0v) is 13.2. The highest BCUT2D eigenvalue weighted by atomic mass is 35.5. The highest BCUT2D eigenvalue weighted by molar-refractivity contribution is 6.16. The first-order valence-corrected chi connectivity index (χ1v) is 8.25. The molecule has 0 amide bonds. The van der Waals surface area contributed by atoms with Gasteiger partial charge < -0.3 is 4.57 Å². The first-order chi connectivity index (χ1) is 9.74. The normalized spacial score (nSPS) is 17.1. The molecule has 1 aliphatic rings. The van der Waals surface area contributed by atoms with Crippen LogP contribution in [-0.2, 0) is 25.9 Å². The van der Waals surface area contributed by atoms with Gasteiger partial charge in [-0.25, -0.2) is 4.98 Å². The third-order valence-corrected chi connectivity index (χ3v) is 4.73. The molecule has 0 unspecified atom stereocenters. The van der Waals surface area contributed by atoms with Gasteiger partial charge >= 0.3 is 0 Å². The molecule has 5 heteroatoms. The topological polar surface area (TPSA) is 35.6 Å². The summed E-state index contributed by atoms with van der Waals surface area (Å²) in [6, 6.07) is 0. The second-order valence-corrected chi connectivity index (χ2v) is 6.14. The van der Waals surface area contributed by atoms with Crippen molar-refractivity contribution in [3.05, 3.63) is 11.5 Å². The molecule has 0 aliphatic heterocycles. The molecular formula is C15H23ClN4. The van der Waals surface area contributed by atoms with E-state index in [1.165, 1.54) is 32.1 Å². The molecule has 1 saturated carbocycles. The van der Waals surface area contributed by atoms with E-state index in [4.69, 9.17) is 16.6 Å². The van der Waals surface area contributed by atoms with E-state index in [1.54, 1.807) is 0 Å². The van der Waals surface area contributed by atoms with Gasteiger partial charge in [0.2, 0.25) is 0 Å². The Morgan fingerprint density at radius 2 is 2.00 bits per heavy atom. The lowest BCUT2D eigenvalue weighted by Gasteiger charge is -2.23. The van der Waals surface area contributed by atoms with Crippen molar-refractivity contribution >= 4 is 22.8 Å². The average molecular weight is 295 g/mol. The van der Waals surface area contributed by atoms with Gasteiger partial charge in [0.25, 0.3) is 0 Å². The summed E-state index contributed by atoms with van der Waals surface area (Å²) in [5.41, 5.74) is 3.26. The van der Waals surface area contributed by atoms with Crippen molar-refractivity contribution < 1.29 is 0 Å². The number of hydrogen-bond acceptors (Lipinski definition) is 2. The van der Waals surface area contributed by atoms with Crippen molar-refractivity contribution in [1.82, 2.24) is 19.3 Å². The third kappa shape index (κ3) is 2.34. The maximum absolute atomic E-state index is 6.11. The van der Waals surface area contributed by atoms with Crippen LogP contribution in [0.3, 0.4) is 0 Å². The van der Waals surface area contributed by atoms with Gasteiger partial charge in [0, 0.05) is 13.6 Å². The molecular weight excluding hydrogens is 272 g/mol. The molecule has 0 N–H and O–H groups in total. The molecule has 0 spiro atoms. The summed E-state index contributed by atoms with van der Waals surface area (Å²) >= 11 is 6.11. The van der Waals surface area contributed by atoms with Crippen molar-refractivity contribution in [1.29, 1.82) is 0 Å². The van der Waals surface area contributed by atoms with E-state index in [1.807, 2.05) is 11.7 Å². The van der Waals surface area contributed by atoms with Crippen molar-refractivity contribution in [2.45, 2.75) is 57.9 Å². The number of nitrogens with zero attached hydrogens (tertiary/aromatic N) is 4. The van der Waals surface area contributed by atoms with Gasteiger partial charge in [-0.1, -0.05) is 26.2 Å². The number of aryl methyl sites for hydroxylation is 2. The smallest absolute Gasteiger partial charge is 0.158 e. The van der Waals surface area contributed by atoms with Crippen LogP contribution in [0.1, 0.15) is 50.5 Å². The molecule has 0 atom stereocenters. The summed E-state index contributed by atoms with van der Waals surface area (Å²) < 4.78 is 4.28. The predicted octanol–water partition coefficient (Wildman–Crippen LogP) is 3.65. The van der Waals surface area contributed by atoms with Gasteiger partial charge in [-0.05, 0) is 25.2 Å². The van der Waals surface area contributed by atoms with Gasteiger partial charge in [-0.3, -0.25) is 4.68 Å². The molecule has 2 aromatic rings. The van der Waals surface area contributed by atoms with Crippen LogP contribution in [-0.4, -0.2) is 19.3 Å². The van der Waals surface area contributed by atoms with Gasteiger partial charge in [0.15, 0.2) is 5.65 Å². The molecule has 1 fully saturated rings. The number of halogens is 1. The Labute approximate surface area is 125 Å². The largest absolute Gasteiger partial charge is 0.312 e. The molecule has 0 aromatic carbocycles. The Morgan fingerprint density at radius 3 is 2.65 bits per heavy atom. The van der Waals surface area contributed by atoms with Crippen LogP contribution in [0.15, 0.2) is 0 Å². The summed E-state index contributed by atoms with van der Waals surface area (Å²) in [6.07, 6.45) is 7.71. The third-order valence-electron chi connectivity index (χ3n) is 4.49. The Hall–Kier alpha value is -1.03. The van der Waals surface area contributed by atoms with E-state index in [-0.39, 0.29) is 0 Å². The minimum Gasteiger partial charge on any atom is -0.312 e. The summed E-state index contributed by atoms with van der Waals surface area (Å²) in [6.45, 7) is 3.17. The second kappa shape index (κ2) is 5.76. The second-order valence-electron chi connectivity index (χ2n) is 5.87. The first kappa shape index (κ1) is 13.9. The van der Waals surface area contributed by atoms with Crippen molar-refractivity contribution in [3.8, 4) is 0 Å². The van der Waals surface area contributed by atoms with E-state index in [2.05, 4.69) is 16.6 Å². The first-order valence-electron chi connectivity index (χ1n) is 7.71. The molecule has 1 aliphatic carbocycles. The summed E-state index contributed by atoms with van der Waals surface area (Å²) in [7, 11) is 2.01. The number of hydrogen-bond donors (Lipinski definition) is 0. The Morgan fingerprint density at radius 1 is 1.25 bits per heavy atom. The van der Waals surface area contributed by atoms with Gasteiger partial charge in [0.05, 0.1) is 11.6 Å². The van der Waals surface area contributed by atoms with Crippen LogP contribution in [0, 0.1) is 5.92 Å². The van der Waals surface area contributed by atoms with Crippen molar-refractivity contribution in [2.24, 2.45) is 13.0 Å². The molecule has 2 heterocycles. The number of fused-ring (bicyclic) bond motifs is 1. The molecule has 0 radical (unpaired) electrons.